The van der Waals surface area contributed by atoms with Crippen LogP contribution in [0.15, 0.2) is 23.7 Å². The van der Waals surface area contributed by atoms with E-state index in [1.54, 1.807) is 23.7 Å². The Hall–Kier alpha value is -1.63. The van der Waals surface area contributed by atoms with Gasteiger partial charge in [-0.1, -0.05) is 11.6 Å². The lowest BCUT2D eigenvalue weighted by atomic mass is 10.1. The molecule has 0 fully saturated rings. The predicted octanol–water partition coefficient (Wildman–Crippen LogP) is 2.32. The van der Waals surface area contributed by atoms with Crippen LogP contribution in [0.5, 0.6) is 0 Å². The van der Waals surface area contributed by atoms with Crippen LogP contribution < -0.4 is 16.6 Å². The van der Waals surface area contributed by atoms with Crippen LogP contribution in [0.1, 0.15) is 20.9 Å². The van der Waals surface area contributed by atoms with Gasteiger partial charge in [-0.3, -0.25) is 10.6 Å². The third kappa shape index (κ3) is 3.23. The van der Waals surface area contributed by atoms with Crippen LogP contribution in [-0.4, -0.2) is 10.9 Å². The first-order valence-corrected chi connectivity index (χ1v) is 6.81. The molecule has 1 amide bonds. The Bertz CT molecular complexity index is 599. The summed E-state index contributed by atoms with van der Waals surface area (Å²) in [7, 11) is 0. The number of hydrogen-bond donors (Lipinski definition) is 3. The number of nitrogens with zero attached hydrogens (tertiary/aromatic N) is 1. The summed E-state index contributed by atoms with van der Waals surface area (Å²) >= 11 is 7.39. The molecule has 4 N–H and O–H groups in total. The number of aryl methyl sites for hydroxylation is 1. The Labute approximate surface area is 119 Å². The molecule has 0 radical (unpaired) electrons. The second-order valence-corrected chi connectivity index (χ2v) is 5.25. The topological polar surface area (TPSA) is 80.0 Å². The second kappa shape index (κ2) is 6.01. The summed E-state index contributed by atoms with van der Waals surface area (Å²) in [5, 5.41) is 3.31. The molecule has 0 saturated heterocycles. The minimum atomic E-state index is -0.233. The fraction of sp³-hybridized carbons (Fsp3) is 0.167. The van der Waals surface area contributed by atoms with E-state index in [9.17, 15) is 4.79 Å². The van der Waals surface area contributed by atoms with Gasteiger partial charge in [-0.2, -0.15) is 0 Å². The van der Waals surface area contributed by atoms with Crippen LogP contribution in [-0.2, 0) is 6.54 Å². The highest BCUT2D eigenvalue weighted by Crippen LogP contribution is 2.20. The van der Waals surface area contributed by atoms with Gasteiger partial charge in [0.2, 0.25) is 0 Å². The van der Waals surface area contributed by atoms with Crippen LogP contribution in [0.25, 0.3) is 0 Å². The number of hydrogen-bond acceptors (Lipinski definition) is 5. The van der Waals surface area contributed by atoms with Gasteiger partial charge in [0, 0.05) is 9.90 Å². The molecule has 1 aromatic heterocycles. The number of amides is 1. The largest absolute Gasteiger partial charge is 0.347 e. The molecule has 0 unspecified atom stereocenters. The highest BCUT2D eigenvalue weighted by Gasteiger charge is 2.12. The maximum absolute atomic E-state index is 12.1. The number of thiazole rings is 1. The van der Waals surface area contributed by atoms with Crippen molar-refractivity contribution in [2.24, 2.45) is 5.84 Å². The number of rotatable bonds is 4. The summed E-state index contributed by atoms with van der Waals surface area (Å²) in [4.78, 5) is 17.3. The smallest absolute Gasteiger partial charge is 0.253 e. The Balaban J connectivity index is 2.12. The summed E-state index contributed by atoms with van der Waals surface area (Å²) in [5.74, 6) is 5.14. The molecule has 0 aliphatic rings. The van der Waals surface area contributed by atoms with E-state index in [0.717, 1.165) is 10.6 Å². The zero-order valence-electron chi connectivity index (χ0n) is 10.2. The zero-order valence-corrected chi connectivity index (χ0v) is 11.8. The molecule has 5 nitrogen and oxygen atoms in total. The number of benzene rings is 1. The molecule has 1 heterocycles. The number of anilines is 1. The molecule has 0 saturated carbocycles. The highest BCUT2D eigenvalue weighted by molar-refractivity contribution is 7.09. The maximum Gasteiger partial charge on any atom is 0.253 e. The van der Waals surface area contributed by atoms with Gasteiger partial charge in [0.05, 0.1) is 29.0 Å². The first kappa shape index (κ1) is 13.8. The average molecular weight is 297 g/mol. The van der Waals surface area contributed by atoms with Crippen molar-refractivity contribution in [3.63, 3.8) is 0 Å². The van der Waals surface area contributed by atoms with Gasteiger partial charge >= 0.3 is 0 Å². The lowest BCUT2D eigenvalue weighted by Gasteiger charge is -2.09. The fourth-order valence-electron chi connectivity index (χ4n) is 1.58. The third-order valence-corrected chi connectivity index (χ3v) is 3.81. The van der Waals surface area contributed by atoms with Crippen LogP contribution in [0.3, 0.4) is 0 Å². The Morgan fingerprint density at radius 2 is 2.32 bits per heavy atom. The highest BCUT2D eigenvalue weighted by atomic mass is 35.5. The van der Waals surface area contributed by atoms with E-state index in [-0.39, 0.29) is 5.91 Å². The number of nitrogens with two attached hydrogens (primary N) is 1. The van der Waals surface area contributed by atoms with Gasteiger partial charge in [-0.05, 0) is 25.1 Å². The van der Waals surface area contributed by atoms with E-state index in [1.807, 2.05) is 6.92 Å². The van der Waals surface area contributed by atoms with Gasteiger partial charge in [-0.15, -0.1) is 11.3 Å². The Morgan fingerprint density at radius 3 is 2.95 bits per heavy atom. The monoisotopic (exact) mass is 296 g/mol. The summed E-state index contributed by atoms with van der Waals surface area (Å²) in [6, 6.07) is 4.90. The first-order valence-electron chi connectivity index (χ1n) is 5.55. The molecule has 0 atom stereocenters. The van der Waals surface area contributed by atoms with E-state index in [2.05, 4.69) is 15.7 Å². The summed E-state index contributed by atoms with van der Waals surface area (Å²) < 4.78 is 0. The van der Waals surface area contributed by atoms with Crippen molar-refractivity contribution < 1.29 is 4.79 Å². The normalized spacial score (nSPS) is 10.3. The number of aromatic nitrogens is 1. The van der Waals surface area contributed by atoms with Crippen molar-refractivity contribution in [2.75, 3.05) is 5.43 Å². The molecular weight excluding hydrogens is 284 g/mol. The molecule has 2 rings (SSSR count). The summed E-state index contributed by atoms with van der Waals surface area (Å²) in [5.41, 5.74) is 6.10. The molecule has 0 spiro atoms. The van der Waals surface area contributed by atoms with E-state index in [0.29, 0.717) is 22.8 Å². The molecule has 0 bridgehead atoms. The number of nitrogens with one attached hydrogen (secondary N) is 2. The predicted molar refractivity (Wildman–Crippen MR) is 77.3 cm³/mol. The average Bonchev–Trinajstić information content (AvgIpc) is 2.81. The van der Waals surface area contributed by atoms with Crippen molar-refractivity contribution >= 4 is 34.5 Å². The first-order chi connectivity index (χ1) is 9.11. The van der Waals surface area contributed by atoms with Gasteiger partial charge < -0.3 is 10.7 Å². The van der Waals surface area contributed by atoms with Crippen molar-refractivity contribution in [3.05, 3.63) is 44.9 Å². The standard InChI is InChI=1S/C12H13ClN4OS/c1-7-11(19-6-16-7)5-15-12(18)9-4-8(13)2-3-10(9)17-14/h2-4,6,17H,5,14H2,1H3,(H,15,18). The molecule has 0 aliphatic heterocycles. The van der Waals surface area contributed by atoms with Crippen LogP contribution in [0, 0.1) is 6.92 Å². The lowest BCUT2D eigenvalue weighted by Crippen LogP contribution is -2.24. The van der Waals surface area contributed by atoms with Crippen LogP contribution >= 0.6 is 22.9 Å². The molecule has 0 aliphatic carbocycles. The molecular formula is C12H13ClN4OS. The number of carbonyl (C=O) groups is 1. The summed E-state index contributed by atoms with van der Waals surface area (Å²) in [6.45, 7) is 2.34. The number of halogens is 1. The van der Waals surface area contributed by atoms with E-state index >= 15 is 0 Å². The minimum absolute atomic E-state index is 0.233. The molecule has 19 heavy (non-hydrogen) atoms. The number of nitrogen functional groups attached to an aromatic ring is 1. The molecule has 1 aromatic carbocycles. The molecule has 100 valence electrons. The lowest BCUT2D eigenvalue weighted by molar-refractivity contribution is 0.0952. The van der Waals surface area contributed by atoms with Crippen molar-refractivity contribution in [3.8, 4) is 0 Å². The van der Waals surface area contributed by atoms with Crippen LogP contribution in [0.4, 0.5) is 5.69 Å². The van der Waals surface area contributed by atoms with E-state index in [1.165, 1.54) is 11.3 Å². The second-order valence-electron chi connectivity index (χ2n) is 3.88. The van der Waals surface area contributed by atoms with Crippen molar-refractivity contribution in [1.29, 1.82) is 0 Å². The summed E-state index contributed by atoms with van der Waals surface area (Å²) in [6.07, 6.45) is 0. The zero-order chi connectivity index (χ0) is 13.8. The van der Waals surface area contributed by atoms with Crippen molar-refractivity contribution in [1.82, 2.24) is 10.3 Å². The maximum atomic E-state index is 12.1. The van der Waals surface area contributed by atoms with Gasteiger partial charge in [0.1, 0.15) is 0 Å². The van der Waals surface area contributed by atoms with E-state index < -0.39 is 0 Å². The third-order valence-electron chi connectivity index (χ3n) is 2.64. The van der Waals surface area contributed by atoms with Gasteiger partial charge in [0.15, 0.2) is 0 Å². The number of hydrazine groups is 1. The van der Waals surface area contributed by atoms with Crippen LogP contribution in [0.2, 0.25) is 5.02 Å². The quantitative estimate of drug-likeness (QED) is 0.597. The minimum Gasteiger partial charge on any atom is -0.347 e. The van der Waals surface area contributed by atoms with Gasteiger partial charge in [0.25, 0.3) is 5.91 Å². The van der Waals surface area contributed by atoms with Gasteiger partial charge in [-0.25, -0.2) is 4.98 Å². The Kier molecular flexibility index (Phi) is 4.36. The fourth-order valence-corrected chi connectivity index (χ4v) is 2.47. The molecule has 2 aromatic rings. The van der Waals surface area contributed by atoms with Crippen molar-refractivity contribution in [2.45, 2.75) is 13.5 Å². The number of carbonyl (C=O) groups excluding carboxylic acids is 1. The van der Waals surface area contributed by atoms with E-state index in [4.69, 9.17) is 17.4 Å². The Morgan fingerprint density at radius 1 is 1.53 bits per heavy atom. The molecule has 7 heteroatoms. The SMILES string of the molecule is Cc1ncsc1CNC(=O)c1cc(Cl)ccc1NN.